The Morgan fingerprint density at radius 2 is 1.75 bits per heavy atom. The summed E-state index contributed by atoms with van der Waals surface area (Å²) in [6.07, 6.45) is 0.206. The zero-order valence-electron chi connectivity index (χ0n) is 25.3. The van der Waals surface area contributed by atoms with Crippen molar-refractivity contribution in [2.45, 2.75) is 75.6 Å². The van der Waals surface area contributed by atoms with Gasteiger partial charge in [0.2, 0.25) is 0 Å². The van der Waals surface area contributed by atoms with Gasteiger partial charge in [-0.05, 0) is 74.1 Å². The number of fused-ring (bicyclic) bond motifs is 1. The van der Waals surface area contributed by atoms with E-state index in [1.807, 2.05) is 18.2 Å². The zero-order valence-corrected chi connectivity index (χ0v) is 25.3. The largest absolute Gasteiger partial charge is 0.452 e. The van der Waals surface area contributed by atoms with Gasteiger partial charge >= 0.3 is 18.1 Å². The van der Waals surface area contributed by atoms with Crippen LogP contribution in [-0.2, 0) is 30.7 Å². The standard InChI is InChI=1S/C34H37F3N2O5/c1-23(40)43-30-6-4-5-28(19-30)32-17-18-39(3,21-26-7-8-26)22-33(32,44-24(2)41)16-15-29(20-32)38-31(42)14-11-25-9-12-27(13-10-25)34(35,36)37/h4-6,9-10,12-13,19,26,29H,7-8,15-18,20-22H2,1-3H3/p+1/t29-,32+,33?,39-/m1/s1. The molecule has 0 spiro atoms. The highest BCUT2D eigenvalue weighted by Crippen LogP contribution is 2.55. The minimum atomic E-state index is -4.45. The minimum absolute atomic E-state index is 0.296. The third-order valence-electron chi connectivity index (χ3n) is 9.33. The van der Waals surface area contributed by atoms with E-state index in [4.69, 9.17) is 9.47 Å². The fourth-order valence-corrected chi connectivity index (χ4v) is 7.37. The van der Waals surface area contributed by atoms with Crippen molar-refractivity contribution in [3.63, 3.8) is 0 Å². The molecule has 44 heavy (non-hydrogen) atoms. The van der Waals surface area contributed by atoms with Crippen molar-refractivity contribution in [2.75, 3.05) is 26.7 Å². The van der Waals surface area contributed by atoms with Crippen molar-refractivity contribution in [1.82, 2.24) is 5.32 Å². The molecule has 1 heterocycles. The van der Waals surface area contributed by atoms with Crippen LogP contribution in [0.4, 0.5) is 13.2 Å². The lowest BCUT2D eigenvalue weighted by atomic mass is 9.54. The summed E-state index contributed by atoms with van der Waals surface area (Å²) in [4.78, 5) is 37.4. The number of hydrogen-bond donors (Lipinski definition) is 1. The van der Waals surface area contributed by atoms with Crippen LogP contribution in [-0.4, -0.2) is 60.7 Å². The normalized spacial score (nSPS) is 28.1. The van der Waals surface area contributed by atoms with Crippen molar-refractivity contribution in [1.29, 1.82) is 0 Å². The van der Waals surface area contributed by atoms with E-state index in [9.17, 15) is 27.6 Å². The number of hydrogen-bond acceptors (Lipinski definition) is 5. The Morgan fingerprint density at radius 3 is 2.39 bits per heavy atom. The lowest BCUT2D eigenvalue weighted by molar-refractivity contribution is -0.924. The third-order valence-corrected chi connectivity index (χ3v) is 9.33. The molecular weight excluding hydrogens is 573 g/mol. The third kappa shape index (κ3) is 6.94. The first-order valence-electron chi connectivity index (χ1n) is 15.0. The van der Waals surface area contributed by atoms with Gasteiger partial charge in [-0.25, -0.2) is 0 Å². The first kappa shape index (κ1) is 31.6. The number of nitrogens with zero attached hydrogens (tertiary/aromatic N) is 1. The van der Waals surface area contributed by atoms with Crippen molar-refractivity contribution >= 4 is 17.8 Å². The fourth-order valence-electron chi connectivity index (χ4n) is 7.37. The number of alkyl halides is 3. The number of rotatable bonds is 6. The van der Waals surface area contributed by atoms with Gasteiger partial charge in [0, 0.05) is 49.1 Å². The minimum Gasteiger partial charge on any atom is -0.452 e. The first-order valence-corrected chi connectivity index (χ1v) is 15.0. The molecule has 1 saturated heterocycles. The number of esters is 2. The second-order valence-corrected chi connectivity index (χ2v) is 12.9. The lowest BCUT2D eigenvalue weighted by Crippen LogP contribution is -2.72. The smallest absolute Gasteiger partial charge is 0.416 e. The van der Waals surface area contributed by atoms with E-state index in [1.165, 1.54) is 38.8 Å². The van der Waals surface area contributed by atoms with Gasteiger partial charge in [-0.1, -0.05) is 18.1 Å². The average Bonchev–Trinajstić information content (AvgIpc) is 3.75. The average molecular weight is 612 g/mol. The predicted molar refractivity (Wildman–Crippen MR) is 156 cm³/mol. The monoisotopic (exact) mass is 611 g/mol. The molecule has 1 N–H and O–H groups in total. The molecule has 1 aliphatic heterocycles. The van der Waals surface area contributed by atoms with Crippen LogP contribution in [0.15, 0.2) is 48.5 Å². The molecule has 2 aromatic rings. The summed E-state index contributed by atoms with van der Waals surface area (Å²) in [7, 11) is 2.23. The van der Waals surface area contributed by atoms with Crippen molar-refractivity contribution < 1.29 is 41.5 Å². The maximum Gasteiger partial charge on any atom is 0.416 e. The second-order valence-electron chi connectivity index (χ2n) is 12.9. The Labute approximate surface area is 255 Å². The molecule has 234 valence electrons. The van der Waals surface area contributed by atoms with Crippen LogP contribution >= 0.6 is 0 Å². The molecule has 10 heteroatoms. The maximum absolute atomic E-state index is 13.0. The number of halogens is 3. The molecule has 2 saturated carbocycles. The fraction of sp³-hybridized carbons (Fsp3) is 0.500. The van der Waals surface area contributed by atoms with Gasteiger partial charge in [0.15, 0.2) is 5.60 Å². The van der Waals surface area contributed by atoms with E-state index in [2.05, 4.69) is 24.2 Å². The molecule has 0 bridgehead atoms. The number of likely N-dealkylation sites (N-methyl/N-ethyl adjacent to an activating group) is 1. The molecule has 5 rings (SSSR count). The number of benzene rings is 2. The van der Waals surface area contributed by atoms with Gasteiger partial charge in [-0.2, -0.15) is 13.2 Å². The second kappa shape index (κ2) is 11.9. The number of likely N-dealkylation sites (tertiary alicyclic amines) is 1. The summed E-state index contributed by atoms with van der Waals surface area (Å²) in [6.45, 7) is 5.28. The quantitative estimate of drug-likeness (QED) is 0.212. The SMILES string of the molecule is CC(=O)Oc1cccc([C@@]23CC[N@+](C)(CC4CC4)CC2(OC(C)=O)CC[C@@H](NC(=O)C#Cc2ccc(C(F)(F)F)cc2)C3)c1. The molecule has 1 unspecified atom stereocenters. The number of quaternary nitrogens is 1. The van der Waals surface area contributed by atoms with Crippen LogP contribution in [0.3, 0.4) is 0 Å². The van der Waals surface area contributed by atoms with Gasteiger partial charge in [0.1, 0.15) is 12.3 Å². The summed E-state index contributed by atoms with van der Waals surface area (Å²) >= 11 is 0. The summed E-state index contributed by atoms with van der Waals surface area (Å²) in [5.74, 6) is 4.90. The number of amides is 1. The maximum atomic E-state index is 13.0. The summed E-state index contributed by atoms with van der Waals surface area (Å²) in [5.41, 5.74) is -1.13. The molecule has 0 aromatic heterocycles. The number of nitrogens with one attached hydrogen (secondary N) is 1. The van der Waals surface area contributed by atoms with Gasteiger partial charge in [0.05, 0.1) is 25.7 Å². The Kier molecular flexibility index (Phi) is 8.56. The Morgan fingerprint density at radius 1 is 1.02 bits per heavy atom. The van der Waals surface area contributed by atoms with E-state index < -0.39 is 34.6 Å². The van der Waals surface area contributed by atoms with Crippen LogP contribution in [0.1, 0.15) is 69.1 Å². The number of carbonyl (C=O) groups is 3. The lowest BCUT2D eigenvalue weighted by Gasteiger charge is -2.60. The van der Waals surface area contributed by atoms with Gasteiger partial charge in [-0.3, -0.25) is 14.4 Å². The van der Waals surface area contributed by atoms with Crippen LogP contribution in [0.25, 0.3) is 0 Å². The van der Waals surface area contributed by atoms with Crippen LogP contribution < -0.4 is 10.1 Å². The van der Waals surface area contributed by atoms with E-state index in [0.29, 0.717) is 49.5 Å². The highest BCUT2D eigenvalue weighted by atomic mass is 19.4. The number of piperidine rings is 1. The Hall–Kier alpha value is -3.84. The molecule has 3 fully saturated rings. The van der Waals surface area contributed by atoms with Crippen LogP contribution in [0.5, 0.6) is 5.75 Å². The zero-order chi connectivity index (χ0) is 31.8. The summed E-state index contributed by atoms with van der Waals surface area (Å²) < 4.78 is 51.3. The molecule has 2 aliphatic carbocycles. The van der Waals surface area contributed by atoms with E-state index in [0.717, 1.165) is 35.3 Å². The molecule has 2 aromatic carbocycles. The van der Waals surface area contributed by atoms with Crippen LogP contribution in [0, 0.1) is 17.8 Å². The highest BCUT2D eigenvalue weighted by Gasteiger charge is 2.65. The molecule has 0 radical (unpaired) electrons. The van der Waals surface area contributed by atoms with Crippen molar-refractivity contribution in [2.24, 2.45) is 5.92 Å². The van der Waals surface area contributed by atoms with E-state index >= 15 is 0 Å². The predicted octanol–water partition coefficient (Wildman–Crippen LogP) is 5.15. The van der Waals surface area contributed by atoms with Gasteiger partial charge in [0.25, 0.3) is 5.91 Å². The molecular formula is C34H38F3N2O5+. The number of carbonyl (C=O) groups excluding carboxylic acids is 3. The topological polar surface area (TPSA) is 81.7 Å². The first-order chi connectivity index (χ1) is 20.7. The Bertz CT molecular complexity index is 1490. The van der Waals surface area contributed by atoms with Crippen molar-refractivity contribution in [3.05, 3.63) is 65.2 Å². The summed E-state index contributed by atoms with van der Waals surface area (Å²) in [6, 6.07) is 11.4. The summed E-state index contributed by atoms with van der Waals surface area (Å²) in [5, 5.41) is 3.01. The highest BCUT2D eigenvalue weighted by molar-refractivity contribution is 5.94. The van der Waals surface area contributed by atoms with E-state index in [1.54, 1.807) is 6.07 Å². The molecule has 4 atom stereocenters. The molecule has 3 aliphatic rings. The Balaban J connectivity index is 1.44. The molecule has 1 amide bonds. The van der Waals surface area contributed by atoms with Crippen molar-refractivity contribution in [3.8, 4) is 17.6 Å². The van der Waals surface area contributed by atoms with Gasteiger partial charge in [-0.15, -0.1) is 0 Å². The van der Waals surface area contributed by atoms with Crippen LogP contribution in [0.2, 0.25) is 0 Å². The van der Waals surface area contributed by atoms with E-state index in [-0.39, 0.29) is 12.0 Å². The molecule has 7 nitrogen and oxygen atoms in total. The van der Waals surface area contributed by atoms with Gasteiger partial charge < -0.3 is 19.3 Å². The number of ether oxygens (including phenoxy) is 2.